The SMILES string of the molecule is C[C@H](Oc1ccccc1F)C(=O)NCCN1C(=O)COC1=O. The molecule has 1 atom stereocenters. The van der Waals surface area contributed by atoms with Crippen molar-refractivity contribution in [3.8, 4) is 5.75 Å². The molecule has 118 valence electrons. The van der Waals surface area contributed by atoms with Gasteiger partial charge in [0.15, 0.2) is 24.3 Å². The molecule has 8 heteroatoms. The topological polar surface area (TPSA) is 84.9 Å². The molecule has 1 aromatic carbocycles. The van der Waals surface area contributed by atoms with Crippen molar-refractivity contribution >= 4 is 17.9 Å². The number of rotatable bonds is 6. The quantitative estimate of drug-likeness (QED) is 0.835. The standard InChI is InChI=1S/C14H15FN2O5/c1-9(22-11-5-3-2-4-10(11)15)13(19)16-6-7-17-12(18)8-21-14(17)20/h2-5,9H,6-8H2,1H3,(H,16,19)/t9-/m0/s1. The molecule has 0 aromatic heterocycles. The van der Waals surface area contributed by atoms with E-state index >= 15 is 0 Å². The Morgan fingerprint density at radius 1 is 1.45 bits per heavy atom. The molecule has 1 aliphatic rings. The molecule has 2 rings (SSSR count). The fourth-order valence-electron chi connectivity index (χ4n) is 1.82. The number of ether oxygens (including phenoxy) is 2. The van der Waals surface area contributed by atoms with Gasteiger partial charge < -0.3 is 14.8 Å². The smallest absolute Gasteiger partial charge is 0.417 e. The van der Waals surface area contributed by atoms with Crippen LogP contribution in [0.4, 0.5) is 9.18 Å². The van der Waals surface area contributed by atoms with E-state index in [4.69, 9.17) is 4.74 Å². The summed E-state index contributed by atoms with van der Waals surface area (Å²) in [6.07, 6.45) is -1.65. The number of nitrogens with zero attached hydrogens (tertiary/aromatic N) is 1. The van der Waals surface area contributed by atoms with Gasteiger partial charge in [0.1, 0.15) is 0 Å². The Balaban J connectivity index is 1.78. The molecule has 3 amide bonds. The van der Waals surface area contributed by atoms with Crippen LogP contribution in [-0.2, 0) is 14.3 Å². The van der Waals surface area contributed by atoms with Crippen LogP contribution in [0.25, 0.3) is 0 Å². The second kappa shape index (κ2) is 6.88. The Hall–Kier alpha value is -2.64. The molecule has 1 N–H and O–H groups in total. The Bertz CT molecular complexity index is 576. The van der Waals surface area contributed by atoms with Crippen molar-refractivity contribution in [2.45, 2.75) is 13.0 Å². The summed E-state index contributed by atoms with van der Waals surface area (Å²) >= 11 is 0. The van der Waals surface area contributed by atoms with E-state index in [1.54, 1.807) is 6.07 Å². The van der Waals surface area contributed by atoms with Gasteiger partial charge in [-0.05, 0) is 19.1 Å². The molecular formula is C14H15FN2O5. The number of carbonyl (C=O) groups is 3. The lowest BCUT2D eigenvalue weighted by Gasteiger charge is -2.16. The van der Waals surface area contributed by atoms with Gasteiger partial charge in [0.2, 0.25) is 0 Å². The number of hydrogen-bond donors (Lipinski definition) is 1. The van der Waals surface area contributed by atoms with Gasteiger partial charge in [-0.15, -0.1) is 0 Å². The van der Waals surface area contributed by atoms with Crippen molar-refractivity contribution in [1.82, 2.24) is 10.2 Å². The largest absolute Gasteiger partial charge is 0.478 e. The summed E-state index contributed by atoms with van der Waals surface area (Å²) in [6.45, 7) is 1.26. The van der Waals surface area contributed by atoms with Gasteiger partial charge in [0.25, 0.3) is 11.8 Å². The summed E-state index contributed by atoms with van der Waals surface area (Å²) in [5, 5.41) is 2.50. The number of nitrogens with one attached hydrogen (secondary N) is 1. The van der Waals surface area contributed by atoms with Gasteiger partial charge in [0.05, 0.1) is 0 Å². The highest BCUT2D eigenvalue weighted by Crippen LogP contribution is 2.16. The van der Waals surface area contributed by atoms with Crippen LogP contribution >= 0.6 is 0 Å². The first kappa shape index (κ1) is 15.7. The molecule has 7 nitrogen and oxygen atoms in total. The molecule has 1 fully saturated rings. The molecule has 1 saturated heterocycles. The highest BCUT2D eigenvalue weighted by atomic mass is 19.1. The molecule has 1 aliphatic heterocycles. The second-order valence-corrected chi connectivity index (χ2v) is 4.58. The van der Waals surface area contributed by atoms with Crippen molar-refractivity contribution in [1.29, 1.82) is 0 Å². The maximum absolute atomic E-state index is 13.4. The van der Waals surface area contributed by atoms with E-state index in [9.17, 15) is 18.8 Å². The van der Waals surface area contributed by atoms with Crippen molar-refractivity contribution in [2.24, 2.45) is 0 Å². The molecular weight excluding hydrogens is 295 g/mol. The Kier molecular flexibility index (Phi) is 4.92. The van der Waals surface area contributed by atoms with Crippen LogP contribution in [0.1, 0.15) is 6.92 Å². The van der Waals surface area contributed by atoms with E-state index in [0.717, 1.165) is 4.90 Å². The van der Waals surface area contributed by atoms with Gasteiger partial charge in [0, 0.05) is 13.1 Å². The third-order valence-electron chi connectivity index (χ3n) is 2.98. The fourth-order valence-corrected chi connectivity index (χ4v) is 1.82. The zero-order valence-electron chi connectivity index (χ0n) is 11.9. The lowest BCUT2D eigenvalue weighted by Crippen LogP contribution is -2.42. The summed E-state index contributed by atoms with van der Waals surface area (Å²) < 4.78 is 23.1. The molecule has 22 heavy (non-hydrogen) atoms. The average Bonchev–Trinajstić information content (AvgIpc) is 2.81. The van der Waals surface area contributed by atoms with Crippen molar-refractivity contribution in [3.05, 3.63) is 30.1 Å². The normalized spacial score (nSPS) is 15.5. The van der Waals surface area contributed by atoms with Gasteiger partial charge >= 0.3 is 6.09 Å². The first-order chi connectivity index (χ1) is 10.5. The third-order valence-corrected chi connectivity index (χ3v) is 2.98. The summed E-state index contributed by atoms with van der Waals surface area (Å²) in [5.41, 5.74) is 0. The monoisotopic (exact) mass is 310 g/mol. The van der Waals surface area contributed by atoms with Crippen molar-refractivity contribution in [2.75, 3.05) is 19.7 Å². The zero-order chi connectivity index (χ0) is 16.1. The first-order valence-corrected chi connectivity index (χ1v) is 6.65. The summed E-state index contributed by atoms with van der Waals surface area (Å²) in [4.78, 5) is 35.2. The van der Waals surface area contributed by atoms with Gasteiger partial charge in [-0.3, -0.25) is 9.59 Å². The van der Waals surface area contributed by atoms with Crippen LogP contribution in [-0.4, -0.2) is 48.6 Å². The van der Waals surface area contributed by atoms with E-state index in [-0.39, 0.29) is 25.4 Å². The predicted molar refractivity (Wildman–Crippen MR) is 72.6 cm³/mol. The fraction of sp³-hybridized carbons (Fsp3) is 0.357. The van der Waals surface area contributed by atoms with Crippen molar-refractivity contribution < 1.29 is 28.2 Å². The van der Waals surface area contributed by atoms with E-state index in [1.165, 1.54) is 25.1 Å². The Labute approximate surface area is 126 Å². The highest BCUT2D eigenvalue weighted by Gasteiger charge is 2.30. The number of carbonyl (C=O) groups excluding carboxylic acids is 3. The van der Waals surface area contributed by atoms with E-state index in [1.807, 2.05) is 0 Å². The second-order valence-electron chi connectivity index (χ2n) is 4.58. The lowest BCUT2D eigenvalue weighted by molar-refractivity contribution is -0.128. The number of cyclic esters (lactones) is 1. The molecule has 1 heterocycles. The number of para-hydroxylation sites is 1. The molecule has 0 unspecified atom stereocenters. The minimum Gasteiger partial charge on any atom is -0.478 e. The summed E-state index contributed by atoms with van der Waals surface area (Å²) in [5.74, 6) is -1.52. The van der Waals surface area contributed by atoms with Gasteiger partial charge in [-0.1, -0.05) is 12.1 Å². The van der Waals surface area contributed by atoms with Gasteiger partial charge in [-0.2, -0.15) is 0 Å². The van der Waals surface area contributed by atoms with Crippen LogP contribution in [0.3, 0.4) is 0 Å². The van der Waals surface area contributed by atoms with Crippen molar-refractivity contribution in [3.63, 3.8) is 0 Å². The van der Waals surface area contributed by atoms with E-state index < -0.39 is 29.8 Å². The number of halogens is 1. The highest BCUT2D eigenvalue weighted by molar-refractivity contribution is 5.97. The average molecular weight is 310 g/mol. The molecule has 0 spiro atoms. The van der Waals surface area contributed by atoms with Crippen LogP contribution < -0.4 is 10.1 Å². The number of benzene rings is 1. The minimum atomic E-state index is -0.918. The van der Waals surface area contributed by atoms with Crippen LogP contribution in [0, 0.1) is 5.82 Å². The summed E-state index contributed by atoms with van der Waals surface area (Å²) in [6, 6.07) is 5.75. The van der Waals surface area contributed by atoms with Crippen LogP contribution in [0.5, 0.6) is 5.75 Å². The first-order valence-electron chi connectivity index (χ1n) is 6.65. The Morgan fingerprint density at radius 2 is 2.18 bits per heavy atom. The Morgan fingerprint density at radius 3 is 2.82 bits per heavy atom. The zero-order valence-corrected chi connectivity index (χ0v) is 11.9. The number of hydrogen-bond acceptors (Lipinski definition) is 5. The lowest BCUT2D eigenvalue weighted by atomic mass is 10.3. The summed E-state index contributed by atoms with van der Waals surface area (Å²) in [7, 11) is 0. The third kappa shape index (κ3) is 3.72. The maximum Gasteiger partial charge on any atom is 0.417 e. The van der Waals surface area contributed by atoms with Crippen LogP contribution in [0.15, 0.2) is 24.3 Å². The van der Waals surface area contributed by atoms with Gasteiger partial charge in [-0.25, -0.2) is 14.1 Å². The maximum atomic E-state index is 13.4. The van der Waals surface area contributed by atoms with Crippen LogP contribution in [0.2, 0.25) is 0 Å². The molecule has 1 aromatic rings. The molecule has 0 aliphatic carbocycles. The molecule has 0 saturated carbocycles. The van der Waals surface area contributed by atoms with E-state index in [0.29, 0.717) is 0 Å². The molecule has 0 bridgehead atoms. The van der Waals surface area contributed by atoms with E-state index in [2.05, 4.69) is 10.1 Å². The minimum absolute atomic E-state index is 0.00975. The predicted octanol–water partition coefficient (Wildman–Crippen LogP) is 0.688. The molecule has 0 radical (unpaired) electrons. The number of amides is 3. The number of imide groups is 1.